The maximum atomic E-state index is 2.53. The predicted octanol–water partition coefficient (Wildman–Crippen LogP) is 4.40. The van der Waals surface area contributed by atoms with Crippen molar-refractivity contribution in [2.75, 3.05) is 38.7 Å². The fourth-order valence-electron chi connectivity index (χ4n) is 1.47. The van der Waals surface area contributed by atoms with Crippen molar-refractivity contribution in [1.29, 1.82) is 0 Å². The van der Waals surface area contributed by atoms with Crippen LogP contribution >= 0.6 is 15.2 Å². The molecule has 0 aromatic rings. The highest BCUT2D eigenvalue weighted by atomic mass is 31.2. The molecule has 0 heterocycles. The van der Waals surface area contributed by atoms with Crippen molar-refractivity contribution < 1.29 is 0 Å². The van der Waals surface area contributed by atoms with E-state index in [0.717, 1.165) is 0 Å². The second kappa shape index (κ2) is 5.09. The Bertz CT molecular complexity index is 143. The summed E-state index contributed by atoms with van der Waals surface area (Å²) in [5, 5.41) is 0. The predicted molar refractivity (Wildman–Crippen MR) is 71.3 cm³/mol. The second-order valence-corrected chi connectivity index (χ2v) is 13.8. The summed E-state index contributed by atoms with van der Waals surface area (Å²) in [5.41, 5.74) is 0.529. The molecule has 0 aromatic carbocycles. The first-order valence-electron chi connectivity index (χ1n) is 5.09. The zero-order chi connectivity index (χ0) is 10.7. The van der Waals surface area contributed by atoms with E-state index >= 15 is 0 Å². The smallest absolute Gasteiger partial charge is 0.0733 e. The monoisotopic (exact) mass is 221 g/mol. The molecule has 0 aromatic heterocycles. The van der Waals surface area contributed by atoms with Gasteiger partial charge in [0.1, 0.15) is 0 Å². The zero-order valence-corrected chi connectivity index (χ0v) is 12.3. The Labute approximate surface area is 87.0 Å². The summed E-state index contributed by atoms with van der Waals surface area (Å²) in [7, 11) is -0.253. The van der Waals surface area contributed by atoms with E-state index in [-0.39, 0.29) is 0 Å². The van der Waals surface area contributed by atoms with Crippen LogP contribution in [0.1, 0.15) is 27.2 Å². The largest absolute Gasteiger partial charge is 0.0766 e. The summed E-state index contributed by atoms with van der Waals surface area (Å²) in [5.74, 6) is 1.53. The Morgan fingerprint density at radius 1 is 1.08 bits per heavy atom. The molecule has 13 heavy (non-hydrogen) atoms. The Morgan fingerprint density at radius 2 is 1.54 bits per heavy atom. The van der Waals surface area contributed by atoms with Crippen LogP contribution in [0.3, 0.4) is 0 Å². The third kappa shape index (κ3) is 9.17. The summed E-state index contributed by atoms with van der Waals surface area (Å²) in [6.45, 7) is 16.9. The van der Waals surface area contributed by atoms with Crippen molar-refractivity contribution in [1.82, 2.24) is 0 Å². The van der Waals surface area contributed by atoms with E-state index in [2.05, 4.69) is 47.4 Å². The van der Waals surface area contributed by atoms with Crippen LogP contribution < -0.4 is 0 Å². The first-order valence-corrected chi connectivity index (χ1v) is 10.6. The van der Waals surface area contributed by atoms with E-state index < -0.39 is 7.26 Å². The van der Waals surface area contributed by atoms with E-state index in [4.69, 9.17) is 0 Å². The summed E-state index contributed by atoms with van der Waals surface area (Å²) in [4.78, 5) is 0. The molecule has 0 atom stereocenters. The van der Waals surface area contributed by atoms with Crippen molar-refractivity contribution in [2.24, 2.45) is 5.41 Å². The lowest BCUT2D eigenvalue weighted by Gasteiger charge is -2.25. The fourth-order valence-corrected chi connectivity index (χ4v) is 9.44. The maximum absolute atomic E-state index is 2.53. The molecule has 0 aliphatic carbocycles. The molecule has 0 saturated heterocycles. The number of hydrogen-bond acceptors (Lipinski definition) is 0. The molecule has 0 N–H and O–H groups in total. The van der Waals surface area contributed by atoms with Crippen LogP contribution in [0.2, 0.25) is 0 Å². The quantitative estimate of drug-likeness (QED) is 0.617. The molecule has 0 saturated carbocycles. The van der Waals surface area contributed by atoms with Crippen LogP contribution in [0.4, 0.5) is 0 Å². The lowest BCUT2D eigenvalue weighted by atomic mass is 9.94. The first-order chi connectivity index (χ1) is 5.62. The average Bonchev–Trinajstić information content (AvgIpc) is 1.79. The van der Waals surface area contributed by atoms with Gasteiger partial charge >= 0.3 is 0 Å². The maximum Gasteiger partial charge on any atom is 0.0766 e. The number of rotatable bonds is 4. The van der Waals surface area contributed by atoms with Gasteiger partial charge in [-0.05, 0) is 25.2 Å². The molecule has 0 nitrogen and oxygen atoms in total. The van der Waals surface area contributed by atoms with Gasteiger partial charge < -0.3 is 0 Å². The van der Waals surface area contributed by atoms with Gasteiger partial charge in [-0.1, -0.05) is 28.7 Å². The zero-order valence-electron chi connectivity index (χ0n) is 10.5. The van der Waals surface area contributed by atoms with E-state index in [9.17, 15) is 0 Å². The van der Waals surface area contributed by atoms with E-state index in [1.54, 1.807) is 0 Å². The molecule has 0 radical (unpaired) electrons. The molecule has 0 aliphatic rings. The lowest BCUT2D eigenvalue weighted by molar-refractivity contribution is 0.400. The summed E-state index contributed by atoms with van der Waals surface area (Å²) in [6, 6.07) is 0. The highest BCUT2D eigenvalue weighted by molar-refractivity contribution is 7.84. The van der Waals surface area contributed by atoms with Gasteiger partial charge in [0, 0.05) is 20.6 Å². The van der Waals surface area contributed by atoms with Crippen LogP contribution in [0, 0.1) is 5.41 Å². The second-order valence-electron chi connectivity index (χ2n) is 6.19. The van der Waals surface area contributed by atoms with Gasteiger partial charge in [0.25, 0.3) is 0 Å². The van der Waals surface area contributed by atoms with Gasteiger partial charge in [-0.25, -0.2) is 0 Å². The van der Waals surface area contributed by atoms with Gasteiger partial charge in [-0.15, -0.1) is 0 Å². The van der Waals surface area contributed by atoms with Crippen LogP contribution in [0.15, 0.2) is 0 Å². The van der Waals surface area contributed by atoms with Crippen LogP contribution in [-0.4, -0.2) is 38.7 Å². The van der Waals surface area contributed by atoms with Crippen LogP contribution in [-0.2, 0) is 0 Å². The minimum absolute atomic E-state index is 0.313. The van der Waals surface area contributed by atoms with Crippen molar-refractivity contribution >= 4 is 15.2 Å². The summed E-state index contributed by atoms with van der Waals surface area (Å²) >= 11 is 0. The molecule has 0 spiro atoms. The van der Waals surface area contributed by atoms with Crippen LogP contribution in [0.5, 0.6) is 0 Å². The number of hydrogen-bond donors (Lipinski definition) is 0. The first kappa shape index (κ1) is 13.9. The fraction of sp³-hybridized carbons (Fsp3) is 1.00. The summed E-state index contributed by atoms with van der Waals surface area (Å²) < 4.78 is 0. The third-order valence-corrected chi connectivity index (χ3v) is 8.89. The molecule has 0 rings (SSSR count). The highest BCUT2D eigenvalue weighted by Crippen LogP contribution is 2.59. The Kier molecular flexibility index (Phi) is 5.42. The SMILES string of the molecule is CP(C)C[P+](C)(C)CCC(C)(C)C. The van der Waals surface area contributed by atoms with Crippen molar-refractivity contribution in [3.63, 3.8) is 0 Å². The van der Waals surface area contributed by atoms with Crippen LogP contribution in [0.25, 0.3) is 0 Å². The molecule has 0 bridgehead atoms. The topological polar surface area (TPSA) is 0 Å². The molecule has 0 unspecified atom stereocenters. The molecule has 2 heteroatoms. The molecular formula is C11H27P2+. The van der Waals surface area contributed by atoms with E-state index in [0.29, 0.717) is 13.3 Å². The normalized spacial score (nSPS) is 13.8. The minimum atomic E-state index is -0.566. The standard InChI is InChI=1S/C11H27P2/c1-11(2,3)8-9-13(6,7)10-12(4)5/h8-10H2,1-7H3/q+1. The van der Waals surface area contributed by atoms with Crippen molar-refractivity contribution in [3.05, 3.63) is 0 Å². The van der Waals surface area contributed by atoms with Gasteiger partial charge in [-0.2, -0.15) is 0 Å². The van der Waals surface area contributed by atoms with Gasteiger partial charge in [0.15, 0.2) is 0 Å². The van der Waals surface area contributed by atoms with Gasteiger partial charge in [-0.3, -0.25) is 0 Å². The Hall–Kier alpha value is 0.860. The molecule has 80 valence electrons. The average molecular weight is 221 g/mol. The van der Waals surface area contributed by atoms with Gasteiger partial charge in [0.05, 0.1) is 12.1 Å². The molecule has 0 fully saturated rings. The molecular weight excluding hydrogens is 194 g/mol. The molecule has 0 aliphatic heterocycles. The summed E-state index contributed by atoms with van der Waals surface area (Å²) in [6.07, 6.45) is 2.88. The third-order valence-electron chi connectivity index (χ3n) is 2.13. The molecule has 0 amide bonds. The highest BCUT2D eigenvalue weighted by Gasteiger charge is 2.28. The van der Waals surface area contributed by atoms with Crippen molar-refractivity contribution in [2.45, 2.75) is 27.2 Å². The Balaban J connectivity index is 3.89. The minimum Gasteiger partial charge on any atom is -0.0733 e. The van der Waals surface area contributed by atoms with Crippen molar-refractivity contribution in [3.8, 4) is 0 Å². The lowest BCUT2D eigenvalue weighted by Crippen LogP contribution is -2.10. The van der Waals surface area contributed by atoms with E-state index in [1.165, 1.54) is 18.5 Å². The Morgan fingerprint density at radius 3 is 1.85 bits per heavy atom. The van der Waals surface area contributed by atoms with E-state index in [1.807, 2.05) is 0 Å². The van der Waals surface area contributed by atoms with Gasteiger partial charge in [0.2, 0.25) is 0 Å².